The lowest BCUT2D eigenvalue weighted by molar-refractivity contribution is -0.125. The minimum atomic E-state index is -0.543. The molecule has 0 spiro atoms. The van der Waals surface area contributed by atoms with Gasteiger partial charge in [-0.2, -0.15) is 9.97 Å². The monoisotopic (exact) mass is 469 g/mol. The highest BCUT2D eigenvalue weighted by atomic mass is 16.6. The summed E-state index contributed by atoms with van der Waals surface area (Å²) in [4.78, 5) is 35.1. The van der Waals surface area contributed by atoms with E-state index in [1.165, 1.54) is 0 Å². The Labute approximate surface area is 200 Å². The van der Waals surface area contributed by atoms with E-state index in [0.29, 0.717) is 24.5 Å². The Morgan fingerprint density at radius 2 is 1.82 bits per heavy atom. The van der Waals surface area contributed by atoms with Crippen LogP contribution in [0.3, 0.4) is 0 Å². The van der Waals surface area contributed by atoms with Crippen LogP contribution in [-0.2, 0) is 16.0 Å². The summed E-state index contributed by atoms with van der Waals surface area (Å²) in [5.41, 5.74) is 6.99. The molecule has 1 saturated heterocycles. The summed E-state index contributed by atoms with van der Waals surface area (Å²) < 4.78 is 5.25. The molecule has 0 aliphatic carbocycles. The van der Waals surface area contributed by atoms with Crippen molar-refractivity contribution in [2.75, 3.05) is 47.9 Å². The fourth-order valence-electron chi connectivity index (χ4n) is 3.76. The lowest BCUT2D eigenvalue weighted by Gasteiger charge is -2.32. The second-order valence-electron chi connectivity index (χ2n) is 9.35. The fraction of sp³-hybridized carbons (Fsp3) is 0.500. The summed E-state index contributed by atoms with van der Waals surface area (Å²) in [7, 11) is 1.79. The highest BCUT2D eigenvalue weighted by Gasteiger charge is 2.26. The van der Waals surface area contributed by atoms with Gasteiger partial charge in [0, 0.05) is 44.4 Å². The maximum atomic E-state index is 12.6. The van der Waals surface area contributed by atoms with Crippen molar-refractivity contribution in [1.29, 1.82) is 0 Å². The summed E-state index contributed by atoms with van der Waals surface area (Å²) >= 11 is 0. The summed E-state index contributed by atoms with van der Waals surface area (Å²) in [6.07, 6.45) is 1.75. The zero-order chi connectivity index (χ0) is 24.7. The first-order valence-electron chi connectivity index (χ1n) is 11.6. The van der Waals surface area contributed by atoms with E-state index in [1.807, 2.05) is 51.1 Å². The predicted octanol–water partition coefficient (Wildman–Crippen LogP) is 3.02. The fourth-order valence-corrected chi connectivity index (χ4v) is 3.76. The molecule has 2 heterocycles. The molecule has 10 heteroatoms. The van der Waals surface area contributed by atoms with Gasteiger partial charge in [-0.05, 0) is 57.7 Å². The number of piperidine rings is 1. The molecule has 1 aliphatic rings. The number of nitrogens with one attached hydrogen (secondary N) is 3. The minimum Gasteiger partial charge on any atom is -0.444 e. The second-order valence-corrected chi connectivity index (χ2v) is 9.35. The highest BCUT2D eigenvalue weighted by Crippen LogP contribution is 2.24. The number of aromatic nitrogens is 2. The van der Waals surface area contributed by atoms with Gasteiger partial charge in [0.2, 0.25) is 11.9 Å². The van der Waals surface area contributed by atoms with Crippen LogP contribution in [0.2, 0.25) is 0 Å². The summed E-state index contributed by atoms with van der Waals surface area (Å²) in [5.74, 6) is 1.76. The maximum Gasteiger partial charge on any atom is 0.412 e. The normalized spacial score (nSPS) is 14.4. The van der Waals surface area contributed by atoms with Gasteiger partial charge in [-0.25, -0.2) is 4.79 Å². The Balaban J connectivity index is 1.40. The standard InChI is InChI=1S/C24H35N7O3/c1-24(2,3)34-23(33)28-18-7-5-16(6-8-18)9-12-27-21(32)17-10-13-31(14-11-17)20-15-19(26-4)29-22(25)30-20/h5-8,15,17H,9-14H2,1-4H3,(H,27,32)(H,28,33)(H3,25,26,29,30). The Kier molecular flexibility index (Phi) is 8.14. The average molecular weight is 470 g/mol. The third kappa shape index (κ3) is 7.50. The number of amides is 2. The molecule has 1 aromatic carbocycles. The van der Waals surface area contributed by atoms with Gasteiger partial charge in [-0.1, -0.05) is 12.1 Å². The predicted molar refractivity (Wildman–Crippen MR) is 134 cm³/mol. The SMILES string of the molecule is CNc1cc(N2CCC(C(=O)NCCc3ccc(NC(=O)OC(C)(C)C)cc3)CC2)nc(N)n1. The maximum absolute atomic E-state index is 12.6. The average Bonchev–Trinajstić information content (AvgIpc) is 2.78. The number of ether oxygens (including phenoxy) is 1. The van der Waals surface area contributed by atoms with E-state index >= 15 is 0 Å². The highest BCUT2D eigenvalue weighted by molar-refractivity contribution is 5.84. The van der Waals surface area contributed by atoms with Gasteiger partial charge in [0.25, 0.3) is 0 Å². The van der Waals surface area contributed by atoms with Crippen LogP contribution in [-0.4, -0.2) is 54.3 Å². The third-order valence-electron chi connectivity index (χ3n) is 5.49. The quantitative estimate of drug-likeness (QED) is 0.486. The molecule has 0 saturated carbocycles. The molecule has 10 nitrogen and oxygen atoms in total. The van der Waals surface area contributed by atoms with Gasteiger partial charge in [0.15, 0.2) is 0 Å². The van der Waals surface area contributed by atoms with Crippen LogP contribution in [0.5, 0.6) is 0 Å². The van der Waals surface area contributed by atoms with Crippen molar-refractivity contribution in [1.82, 2.24) is 15.3 Å². The molecule has 0 radical (unpaired) electrons. The number of anilines is 4. The molecule has 184 valence electrons. The van der Waals surface area contributed by atoms with Crippen LogP contribution in [0.4, 0.5) is 28.1 Å². The summed E-state index contributed by atoms with van der Waals surface area (Å²) in [6, 6.07) is 9.39. The van der Waals surface area contributed by atoms with Crippen molar-refractivity contribution in [2.45, 2.75) is 45.6 Å². The molecule has 0 atom stereocenters. The zero-order valence-corrected chi connectivity index (χ0v) is 20.4. The number of hydrogen-bond acceptors (Lipinski definition) is 8. The van der Waals surface area contributed by atoms with Crippen molar-refractivity contribution >= 4 is 35.3 Å². The molecule has 1 aromatic heterocycles. The summed E-state index contributed by atoms with van der Waals surface area (Å²) in [5, 5.41) is 8.75. The molecule has 1 aliphatic heterocycles. The van der Waals surface area contributed by atoms with Gasteiger partial charge in [0.05, 0.1) is 0 Å². The van der Waals surface area contributed by atoms with E-state index in [2.05, 4.69) is 30.8 Å². The van der Waals surface area contributed by atoms with E-state index < -0.39 is 11.7 Å². The Morgan fingerprint density at radius 1 is 1.15 bits per heavy atom. The zero-order valence-electron chi connectivity index (χ0n) is 20.4. The second kappa shape index (κ2) is 11.0. The number of nitrogens with zero attached hydrogens (tertiary/aromatic N) is 3. The topological polar surface area (TPSA) is 134 Å². The van der Waals surface area contributed by atoms with E-state index in [9.17, 15) is 9.59 Å². The van der Waals surface area contributed by atoms with Crippen molar-refractivity contribution < 1.29 is 14.3 Å². The summed E-state index contributed by atoms with van der Waals surface area (Å²) in [6.45, 7) is 7.50. The molecule has 34 heavy (non-hydrogen) atoms. The van der Waals surface area contributed by atoms with Gasteiger partial charge in [-0.3, -0.25) is 10.1 Å². The Morgan fingerprint density at radius 3 is 2.44 bits per heavy atom. The smallest absolute Gasteiger partial charge is 0.412 e. The van der Waals surface area contributed by atoms with Crippen LogP contribution in [0.15, 0.2) is 30.3 Å². The molecule has 0 unspecified atom stereocenters. The van der Waals surface area contributed by atoms with Gasteiger partial charge >= 0.3 is 6.09 Å². The van der Waals surface area contributed by atoms with Crippen molar-refractivity contribution in [3.8, 4) is 0 Å². The molecule has 3 rings (SSSR count). The van der Waals surface area contributed by atoms with E-state index in [1.54, 1.807) is 7.05 Å². The first-order valence-corrected chi connectivity index (χ1v) is 11.6. The van der Waals surface area contributed by atoms with Crippen LogP contribution < -0.4 is 26.6 Å². The molecule has 0 bridgehead atoms. The number of hydrogen-bond donors (Lipinski definition) is 4. The van der Waals surface area contributed by atoms with Gasteiger partial charge in [-0.15, -0.1) is 0 Å². The molecule has 2 amide bonds. The van der Waals surface area contributed by atoms with E-state index in [4.69, 9.17) is 10.5 Å². The molecule has 1 fully saturated rings. The van der Waals surface area contributed by atoms with E-state index in [0.717, 1.165) is 37.3 Å². The van der Waals surface area contributed by atoms with Gasteiger partial charge in [0.1, 0.15) is 17.2 Å². The van der Waals surface area contributed by atoms with Crippen LogP contribution in [0.25, 0.3) is 0 Å². The molecule has 5 N–H and O–H groups in total. The Bertz CT molecular complexity index is 981. The van der Waals surface area contributed by atoms with E-state index in [-0.39, 0.29) is 17.8 Å². The number of nitrogens with two attached hydrogens (primary N) is 1. The number of nitrogen functional groups attached to an aromatic ring is 1. The first kappa shape index (κ1) is 25.1. The number of carbonyl (C=O) groups is 2. The number of carbonyl (C=O) groups excluding carboxylic acids is 2. The third-order valence-corrected chi connectivity index (χ3v) is 5.49. The first-order chi connectivity index (χ1) is 16.1. The van der Waals surface area contributed by atoms with Crippen molar-refractivity contribution in [3.63, 3.8) is 0 Å². The minimum absolute atomic E-state index is 0.0143. The lowest BCUT2D eigenvalue weighted by atomic mass is 9.96. The molecule has 2 aromatic rings. The lowest BCUT2D eigenvalue weighted by Crippen LogP contribution is -2.41. The van der Waals surface area contributed by atoms with Crippen molar-refractivity contribution in [2.24, 2.45) is 5.92 Å². The number of rotatable bonds is 7. The van der Waals surface area contributed by atoms with Gasteiger partial charge < -0.3 is 26.0 Å². The van der Waals surface area contributed by atoms with Crippen molar-refractivity contribution in [3.05, 3.63) is 35.9 Å². The van der Waals surface area contributed by atoms with Crippen LogP contribution >= 0.6 is 0 Å². The molecular weight excluding hydrogens is 434 g/mol. The molecular formula is C24H35N7O3. The Hall–Kier alpha value is -3.56. The number of benzene rings is 1. The van der Waals surface area contributed by atoms with Crippen LogP contribution in [0.1, 0.15) is 39.2 Å². The largest absolute Gasteiger partial charge is 0.444 e. The van der Waals surface area contributed by atoms with Crippen LogP contribution in [0, 0.1) is 5.92 Å².